The van der Waals surface area contributed by atoms with Crippen molar-refractivity contribution in [3.8, 4) is 0 Å². The van der Waals surface area contributed by atoms with Crippen molar-refractivity contribution in [3.05, 3.63) is 71.8 Å². The van der Waals surface area contributed by atoms with Crippen molar-refractivity contribution < 1.29 is 14.3 Å². The Kier molecular flexibility index (Phi) is 3.57. The average molecular weight is 280 g/mol. The molecule has 0 N–H and O–H groups in total. The van der Waals surface area contributed by atoms with Gasteiger partial charge in [0.1, 0.15) is 17.8 Å². The first-order valence-corrected chi connectivity index (χ1v) is 7.01. The minimum absolute atomic E-state index is 0.0639. The molecule has 1 saturated heterocycles. The zero-order valence-electron chi connectivity index (χ0n) is 11.6. The number of Topliss-reactive ketones (excluding diaryl/α,β-unsaturated/α-hetero) is 1. The smallest absolute Gasteiger partial charge is 0.314 e. The van der Waals surface area contributed by atoms with E-state index in [-0.39, 0.29) is 18.6 Å². The summed E-state index contributed by atoms with van der Waals surface area (Å²) in [5, 5.41) is 0. The summed E-state index contributed by atoms with van der Waals surface area (Å²) in [5.74, 6) is -0.503. The lowest BCUT2D eigenvalue weighted by molar-refractivity contribution is -0.171. The van der Waals surface area contributed by atoms with Crippen LogP contribution in [0.25, 0.3) is 0 Å². The quantitative estimate of drug-likeness (QED) is 0.641. The molecule has 1 fully saturated rings. The van der Waals surface area contributed by atoms with Gasteiger partial charge in [-0.2, -0.15) is 0 Å². The Bertz CT molecular complexity index is 631. The number of ether oxygens (including phenoxy) is 1. The van der Waals surface area contributed by atoms with Crippen molar-refractivity contribution in [2.75, 3.05) is 0 Å². The van der Waals surface area contributed by atoms with Gasteiger partial charge in [-0.1, -0.05) is 60.7 Å². The van der Waals surface area contributed by atoms with Crippen LogP contribution in [0.4, 0.5) is 0 Å². The van der Waals surface area contributed by atoms with E-state index in [1.807, 2.05) is 60.7 Å². The summed E-state index contributed by atoms with van der Waals surface area (Å²) in [6.45, 7) is 0. The van der Waals surface area contributed by atoms with Crippen LogP contribution in [-0.2, 0) is 26.3 Å². The lowest BCUT2D eigenvalue weighted by atomic mass is 9.81. The second-order valence-electron chi connectivity index (χ2n) is 5.39. The molecule has 1 unspecified atom stereocenters. The van der Waals surface area contributed by atoms with E-state index in [9.17, 15) is 9.59 Å². The van der Waals surface area contributed by atoms with Gasteiger partial charge in [-0.05, 0) is 11.1 Å². The number of ketones is 1. The number of hydrogen-bond donors (Lipinski definition) is 0. The Labute approximate surface area is 123 Å². The molecule has 0 amide bonds. The highest BCUT2D eigenvalue weighted by Crippen LogP contribution is 2.37. The van der Waals surface area contributed by atoms with E-state index in [2.05, 4.69) is 0 Å². The van der Waals surface area contributed by atoms with Gasteiger partial charge >= 0.3 is 5.97 Å². The molecule has 0 spiro atoms. The Morgan fingerprint density at radius 1 is 0.905 bits per heavy atom. The Hall–Kier alpha value is -2.42. The van der Waals surface area contributed by atoms with Crippen molar-refractivity contribution in [3.63, 3.8) is 0 Å². The molecular weight excluding hydrogens is 264 g/mol. The molecule has 1 aliphatic rings. The molecule has 3 heteroatoms. The molecule has 2 aromatic rings. The van der Waals surface area contributed by atoms with Crippen LogP contribution in [0.3, 0.4) is 0 Å². The third-order valence-electron chi connectivity index (χ3n) is 3.77. The highest BCUT2D eigenvalue weighted by molar-refractivity contribution is 5.98. The highest BCUT2D eigenvalue weighted by atomic mass is 16.6. The molecule has 0 radical (unpaired) electrons. The number of rotatable bonds is 3. The van der Waals surface area contributed by atoms with Gasteiger partial charge in [0.15, 0.2) is 0 Å². The molecule has 0 aromatic heterocycles. The van der Waals surface area contributed by atoms with Gasteiger partial charge in [0, 0.05) is 6.42 Å². The van der Waals surface area contributed by atoms with Crippen molar-refractivity contribution in [2.45, 2.75) is 24.9 Å². The van der Waals surface area contributed by atoms with E-state index < -0.39 is 11.6 Å². The van der Waals surface area contributed by atoms with E-state index in [1.54, 1.807) is 0 Å². The van der Waals surface area contributed by atoms with Crippen LogP contribution in [0, 0.1) is 0 Å². The monoisotopic (exact) mass is 280 g/mol. The second-order valence-corrected chi connectivity index (χ2v) is 5.39. The van der Waals surface area contributed by atoms with E-state index in [0.29, 0.717) is 6.42 Å². The molecule has 21 heavy (non-hydrogen) atoms. The van der Waals surface area contributed by atoms with Gasteiger partial charge in [-0.25, -0.2) is 0 Å². The van der Waals surface area contributed by atoms with Crippen LogP contribution in [0.15, 0.2) is 60.7 Å². The minimum Gasteiger partial charge on any atom is -0.453 e. The van der Waals surface area contributed by atoms with Crippen LogP contribution in [0.1, 0.15) is 24.0 Å². The number of cyclic esters (lactones) is 1. The van der Waals surface area contributed by atoms with Gasteiger partial charge in [0.2, 0.25) is 0 Å². The molecule has 3 rings (SSSR count). The van der Waals surface area contributed by atoms with Crippen LogP contribution >= 0.6 is 0 Å². The number of carbonyl (C=O) groups excluding carboxylic acids is 2. The molecule has 0 saturated carbocycles. The van der Waals surface area contributed by atoms with Gasteiger partial charge in [-0.3, -0.25) is 9.59 Å². The molecule has 106 valence electrons. The van der Waals surface area contributed by atoms with Gasteiger partial charge < -0.3 is 4.74 Å². The Morgan fingerprint density at radius 2 is 1.52 bits per heavy atom. The number of hydrogen-bond acceptors (Lipinski definition) is 3. The van der Waals surface area contributed by atoms with E-state index in [1.165, 1.54) is 0 Å². The molecular formula is C18H16O3. The fourth-order valence-corrected chi connectivity index (χ4v) is 2.86. The fraction of sp³-hybridized carbons (Fsp3) is 0.222. The Morgan fingerprint density at radius 3 is 2.14 bits per heavy atom. The second kappa shape index (κ2) is 5.52. The van der Waals surface area contributed by atoms with Crippen LogP contribution in [0.5, 0.6) is 0 Å². The summed E-state index contributed by atoms with van der Waals surface area (Å²) < 4.78 is 5.67. The van der Waals surface area contributed by atoms with Crippen LogP contribution < -0.4 is 0 Å². The largest absolute Gasteiger partial charge is 0.453 e. The first-order chi connectivity index (χ1) is 10.2. The predicted molar refractivity (Wildman–Crippen MR) is 78.6 cm³/mol. The van der Waals surface area contributed by atoms with E-state index in [4.69, 9.17) is 4.74 Å². The van der Waals surface area contributed by atoms with Gasteiger partial charge in [0.25, 0.3) is 0 Å². The molecule has 1 atom stereocenters. The number of benzene rings is 2. The Balaban J connectivity index is 2.02. The summed E-state index contributed by atoms with van der Waals surface area (Å²) in [6.07, 6.45) is 0.621. The molecule has 0 aliphatic carbocycles. The molecule has 1 aliphatic heterocycles. The summed E-state index contributed by atoms with van der Waals surface area (Å²) in [4.78, 5) is 23.8. The van der Waals surface area contributed by atoms with Crippen LogP contribution in [0.2, 0.25) is 0 Å². The summed E-state index contributed by atoms with van der Waals surface area (Å²) >= 11 is 0. The zero-order chi connectivity index (χ0) is 14.7. The van der Waals surface area contributed by atoms with Crippen molar-refractivity contribution in [1.82, 2.24) is 0 Å². The maximum absolute atomic E-state index is 12.0. The lowest BCUT2D eigenvalue weighted by Crippen LogP contribution is -2.42. The predicted octanol–water partition coefficient (Wildman–Crippen LogP) is 3.03. The minimum atomic E-state index is -0.880. The summed E-state index contributed by atoms with van der Waals surface area (Å²) in [5.41, 5.74) is 1.04. The standard InChI is InChI=1S/C18H16O3/c19-16-11-17(20)21-18(13-16,15-9-5-2-6-10-15)12-14-7-3-1-4-8-14/h1-10H,11-13H2. The number of carbonyl (C=O) groups is 2. The third kappa shape index (κ3) is 2.87. The average Bonchev–Trinajstić information content (AvgIpc) is 2.48. The van der Waals surface area contributed by atoms with E-state index in [0.717, 1.165) is 11.1 Å². The van der Waals surface area contributed by atoms with Crippen molar-refractivity contribution >= 4 is 11.8 Å². The molecule has 3 nitrogen and oxygen atoms in total. The summed E-state index contributed by atoms with van der Waals surface area (Å²) in [7, 11) is 0. The van der Waals surface area contributed by atoms with Crippen molar-refractivity contribution in [2.24, 2.45) is 0 Å². The van der Waals surface area contributed by atoms with Crippen molar-refractivity contribution in [1.29, 1.82) is 0 Å². The van der Waals surface area contributed by atoms with Gasteiger partial charge in [-0.15, -0.1) is 0 Å². The fourth-order valence-electron chi connectivity index (χ4n) is 2.86. The molecule has 2 aromatic carbocycles. The number of esters is 1. The first kappa shape index (κ1) is 13.6. The topological polar surface area (TPSA) is 43.4 Å². The lowest BCUT2D eigenvalue weighted by Gasteiger charge is -2.36. The zero-order valence-corrected chi connectivity index (χ0v) is 11.6. The maximum Gasteiger partial charge on any atom is 0.314 e. The highest BCUT2D eigenvalue weighted by Gasteiger charge is 2.42. The summed E-state index contributed by atoms with van der Waals surface area (Å²) in [6, 6.07) is 19.3. The SMILES string of the molecule is O=C1CC(=O)OC(Cc2ccccc2)(c2ccccc2)C1. The van der Waals surface area contributed by atoms with Gasteiger partial charge in [0.05, 0.1) is 6.42 Å². The van der Waals surface area contributed by atoms with Crippen LogP contribution in [-0.4, -0.2) is 11.8 Å². The molecule has 1 heterocycles. The third-order valence-corrected chi connectivity index (χ3v) is 3.77. The maximum atomic E-state index is 12.0. The normalized spacial score (nSPS) is 21.9. The molecule has 0 bridgehead atoms. The van der Waals surface area contributed by atoms with E-state index >= 15 is 0 Å². The first-order valence-electron chi connectivity index (χ1n) is 7.01.